The summed E-state index contributed by atoms with van der Waals surface area (Å²) in [7, 11) is 0. The van der Waals surface area contributed by atoms with Crippen LogP contribution in [0.3, 0.4) is 0 Å². The zero-order valence-corrected chi connectivity index (χ0v) is 9.46. The molecule has 0 bridgehead atoms. The fourth-order valence-corrected chi connectivity index (χ4v) is 1.84. The molecule has 1 heteroatoms. The van der Waals surface area contributed by atoms with Crippen LogP contribution in [0.4, 0.5) is 0 Å². The van der Waals surface area contributed by atoms with Crippen LogP contribution in [0.5, 0.6) is 0 Å². The third-order valence-electron chi connectivity index (χ3n) is 3.09. The Balaban J connectivity index is 2.56. The van der Waals surface area contributed by atoms with E-state index in [9.17, 15) is 0 Å². The molecule has 1 nitrogen and oxygen atoms in total. The van der Waals surface area contributed by atoms with Gasteiger partial charge in [-0.15, -0.1) is 0 Å². The summed E-state index contributed by atoms with van der Waals surface area (Å²) >= 11 is 0. The summed E-state index contributed by atoms with van der Waals surface area (Å²) in [6, 6.07) is 0.684. The maximum atomic E-state index is 2.56. The van der Waals surface area contributed by atoms with Gasteiger partial charge < -0.3 is 0 Å². The lowest BCUT2D eigenvalue weighted by atomic mass is 9.92. The van der Waals surface area contributed by atoms with Crippen LogP contribution < -0.4 is 0 Å². The maximum absolute atomic E-state index is 2.56. The summed E-state index contributed by atoms with van der Waals surface area (Å²) in [5, 5.41) is 0. The summed E-state index contributed by atoms with van der Waals surface area (Å²) in [4.78, 5) is 2.56. The lowest BCUT2D eigenvalue weighted by Gasteiger charge is -2.29. The van der Waals surface area contributed by atoms with Gasteiger partial charge in [-0.3, -0.25) is 4.90 Å². The highest BCUT2D eigenvalue weighted by molar-refractivity contribution is 4.93. The molecule has 13 heavy (non-hydrogen) atoms. The molecule has 1 atom stereocenters. The third kappa shape index (κ3) is 3.15. The number of hydrogen-bond donors (Lipinski definition) is 0. The minimum atomic E-state index is 0.684. The molecular weight excluding hydrogens is 158 g/mol. The molecule has 0 aromatic carbocycles. The van der Waals surface area contributed by atoms with Crippen LogP contribution in [0.15, 0.2) is 12.2 Å². The van der Waals surface area contributed by atoms with Crippen LogP contribution in [0.25, 0.3) is 0 Å². The number of rotatable bonds is 2. The molecule has 0 fully saturated rings. The zero-order chi connectivity index (χ0) is 9.84. The lowest BCUT2D eigenvalue weighted by molar-refractivity contribution is 0.188. The second-order valence-corrected chi connectivity index (χ2v) is 4.76. The van der Waals surface area contributed by atoms with Crippen molar-refractivity contribution in [1.29, 1.82) is 0 Å². The Hall–Kier alpha value is -0.300. The minimum absolute atomic E-state index is 0.684. The molecule has 1 rings (SSSR count). The van der Waals surface area contributed by atoms with Gasteiger partial charge in [0.05, 0.1) is 0 Å². The lowest BCUT2D eigenvalue weighted by Crippen LogP contribution is -2.35. The van der Waals surface area contributed by atoms with E-state index in [1.807, 2.05) is 0 Å². The zero-order valence-electron chi connectivity index (χ0n) is 9.46. The highest BCUT2D eigenvalue weighted by Gasteiger charge is 2.19. The fraction of sp³-hybridized carbons (Fsp3) is 0.833. The molecule has 0 saturated heterocycles. The van der Waals surface area contributed by atoms with Gasteiger partial charge in [0.2, 0.25) is 0 Å². The van der Waals surface area contributed by atoms with Crippen molar-refractivity contribution in [3.63, 3.8) is 0 Å². The molecule has 0 amide bonds. The van der Waals surface area contributed by atoms with Crippen molar-refractivity contribution in [2.75, 3.05) is 13.1 Å². The fourth-order valence-electron chi connectivity index (χ4n) is 1.84. The summed E-state index contributed by atoms with van der Waals surface area (Å²) in [5.41, 5.74) is 0. The van der Waals surface area contributed by atoms with E-state index in [0.717, 1.165) is 18.4 Å². The summed E-state index contributed by atoms with van der Waals surface area (Å²) in [5.74, 6) is 1.66. The molecule has 0 saturated carbocycles. The summed E-state index contributed by atoms with van der Waals surface area (Å²) in [6.07, 6.45) is 5.94. The van der Waals surface area contributed by atoms with Crippen molar-refractivity contribution in [1.82, 2.24) is 4.90 Å². The Kier molecular flexibility index (Phi) is 3.98. The van der Waals surface area contributed by atoms with Crippen LogP contribution in [0, 0.1) is 11.8 Å². The van der Waals surface area contributed by atoms with Gasteiger partial charge in [0.15, 0.2) is 0 Å². The molecular formula is C12H23N. The molecule has 1 aliphatic heterocycles. The van der Waals surface area contributed by atoms with Crippen molar-refractivity contribution in [3.05, 3.63) is 12.2 Å². The normalized spacial score (nSPS) is 25.5. The highest BCUT2D eigenvalue weighted by Crippen LogP contribution is 2.20. The Morgan fingerprint density at radius 2 is 1.85 bits per heavy atom. The average Bonchev–Trinajstić information content (AvgIpc) is 2.28. The van der Waals surface area contributed by atoms with Gasteiger partial charge in [0, 0.05) is 19.1 Å². The van der Waals surface area contributed by atoms with E-state index in [1.54, 1.807) is 0 Å². The van der Waals surface area contributed by atoms with Crippen molar-refractivity contribution in [2.45, 2.75) is 40.2 Å². The number of nitrogens with zero attached hydrogens (tertiary/aromatic N) is 1. The first-order valence-corrected chi connectivity index (χ1v) is 5.50. The molecule has 0 spiro atoms. The van der Waals surface area contributed by atoms with Gasteiger partial charge in [-0.1, -0.05) is 26.0 Å². The van der Waals surface area contributed by atoms with Crippen LogP contribution in [-0.2, 0) is 0 Å². The van der Waals surface area contributed by atoms with Crippen molar-refractivity contribution in [3.8, 4) is 0 Å². The van der Waals surface area contributed by atoms with Gasteiger partial charge in [0.25, 0.3) is 0 Å². The molecule has 0 aromatic rings. The molecule has 1 unspecified atom stereocenters. The van der Waals surface area contributed by atoms with E-state index in [2.05, 4.69) is 44.7 Å². The standard InChI is InChI=1S/C12H23N/c1-10(2)12-7-5-6-8-13(9-12)11(3)4/h5-6,10-12H,7-9H2,1-4H3. The number of allylic oxidation sites excluding steroid dienone is 1. The molecule has 1 aliphatic rings. The molecule has 0 aromatic heterocycles. The average molecular weight is 181 g/mol. The molecule has 76 valence electrons. The monoisotopic (exact) mass is 181 g/mol. The minimum Gasteiger partial charge on any atom is -0.297 e. The van der Waals surface area contributed by atoms with Crippen LogP contribution in [-0.4, -0.2) is 24.0 Å². The largest absolute Gasteiger partial charge is 0.297 e. The van der Waals surface area contributed by atoms with E-state index in [-0.39, 0.29) is 0 Å². The maximum Gasteiger partial charge on any atom is 0.0166 e. The van der Waals surface area contributed by atoms with Crippen LogP contribution in [0.1, 0.15) is 34.1 Å². The Bertz CT molecular complexity index is 152. The van der Waals surface area contributed by atoms with E-state index < -0.39 is 0 Å². The first-order valence-electron chi connectivity index (χ1n) is 5.50. The summed E-state index contributed by atoms with van der Waals surface area (Å²) < 4.78 is 0. The predicted molar refractivity (Wildman–Crippen MR) is 58.8 cm³/mol. The molecule has 0 aliphatic carbocycles. The summed E-state index contributed by atoms with van der Waals surface area (Å²) in [6.45, 7) is 11.7. The van der Waals surface area contributed by atoms with Crippen molar-refractivity contribution >= 4 is 0 Å². The van der Waals surface area contributed by atoms with Gasteiger partial charge in [-0.25, -0.2) is 0 Å². The van der Waals surface area contributed by atoms with Crippen molar-refractivity contribution in [2.24, 2.45) is 11.8 Å². The van der Waals surface area contributed by atoms with E-state index in [1.165, 1.54) is 13.0 Å². The Morgan fingerprint density at radius 3 is 2.38 bits per heavy atom. The second-order valence-electron chi connectivity index (χ2n) is 4.76. The molecule has 0 radical (unpaired) electrons. The van der Waals surface area contributed by atoms with Crippen LogP contribution in [0.2, 0.25) is 0 Å². The van der Waals surface area contributed by atoms with E-state index in [4.69, 9.17) is 0 Å². The van der Waals surface area contributed by atoms with Crippen molar-refractivity contribution < 1.29 is 0 Å². The second kappa shape index (κ2) is 4.80. The van der Waals surface area contributed by atoms with Crippen LogP contribution >= 0.6 is 0 Å². The highest BCUT2D eigenvalue weighted by atomic mass is 15.1. The first kappa shape index (κ1) is 10.8. The Morgan fingerprint density at radius 1 is 1.15 bits per heavy atom. The molecule has 0 N–H and O–H groups in total. The van der Waals surface area contributed by atoms with E-state index >= 15 is 0 Å². The molecule has 1 heterocycles. The first-order chi connectivity index (χ1) is 6.11. The quantitative estimate of drug-likeness (QED) is 0.592. The van der Waals surface area contributed by atoms with Gasteiger partial charge in [-0.05, 0) is 32.1 Å². The smallest absolute Gasteiger partial charge is 0.0166 e. The van der Waals surface area contributed by atoms with E-state index in [0.29, 0.717) is 6.04 Å². The van der Waals surface area contributed by atoms with Gasteiger partial charge in [0.1, 0.15) is 0 Å². The topological polar surface area (TPSA) is 3.24 Å². The van der Waals surface area contributed by atoms with Gasteiger partial charge >= 0.3 is 0 Å². The number of hydrogen-bond acceptors (Lipinski definition) is 1. The Labute approximate surface area is 82.8 Å². The third-order valence-corrected chi connectivity index (χ3v) is 3.09. The SMILES string of the molecule is CC(C)C1CC=CCN(C(C)C)C1. The predicted octanol–water partition coefficient (Wildman–Crippen LogP) is 2.93. The van der Waals surface area contributed by atoms with Gasteiger partial charge in [-0.2, -0.15) is 0 Å².